The second-order valence-corrected chi connectivity index (χ2v) is 9.81. The van der Waals surface area contributed by atoms with Gasteiger partial charge in [-0.1, -0.05) is 48.5 Å². The molecule has 0 saturated carbocycles. The van der Waals surface area contributed by atoms with Crippen LogP contribution in [0.3, 0.4) is 0 Å². The number of fused-ring (bicyclic) bond motifs is 1. The van der Waals surface area contributed by atoms with Gasteiger partial charge >= 0.3 is 0 Å². The molecule has 34 heavy (non-hydrogen) atoms. The summed E-state index contributed by atoms with van der Waals surface area (Å²) in [6.45, 7) is 2.87. The number of carbonyl (C=O) groups is 1. The highest BCUT2D eigenvalue weighted by Gasteiger charge is 2.13. The van der Waals surface area contributed by atoms with Gasteiger partial charge in [0.05, 0.1) is 16.4 Å². The molecule has 0 aliphatic carbocycles. The van der Waals surface area contributed by atoms with Crippen molar-refractivity contribution in [3.05, 3.63) is 103 Å². The Morgan fingerprint density at radius 2 is 1.76 bits per heavy atom. The Hall–Kier alpha value is -2.66. The second-order valence-electron chi connectivity index (χ2n) is 7.40. The van der Waals surface area contributed by atoms with Gasteiger partial charge in [0.2, 0.25) is 0 Å². The van der Waals surface area contributed by atoms with Crippen molar-refractivity contribution in [2.24, 2.45) is 5.10 Å². The average Bonchev–Trinajstić information content (AvgIpc) is 2.84. The molecular weight excluding hydrogens is 654 g/mol. The molecular formula is C27H22I2N2O3. The van der Waals surface area contributed by atoms with Crippen molar-refractivity contribution < 1.29 is 14.3 Å². The normalized spacial score (nSPS) is 11.0. The summed E-state index contributed by atoms with van der Waals surface area (Å²) in [5, 5.41) is 6.48. The van der Waals surface area contributed by atoms with E-state index in [0.717, 1.165) is 18.3 Å². The number of nitrogens with zero attached hydrogens (tertiary/aromatic N) is 1. The number of hydrogen-bond donors (Lipinski definition) is 1. The predicted octanol–water partition coefficient (Wildman–Crippen LogP) is 6.79. The van der Waals surface area contributed by atoms with Crippen LogP contribution in [0.15, 0.2) is 84.0 Å². The maximum atomic E-state index is 12.3. The minimum absolute atomic E-state index is 0.260. The largest absolute Gasteiger partial charge is 0.490 e. The van der Waals surface area contributed by atoms with Crippen molar-refractivity contribution >= 4 is 68.1 Å². The molecule has 172 valence electrons. The van der Waals surface area contributed by atoms with Crippen LogP contribution in [0.2, 0.25) is 0 Å². The van der Waals surface area contributed by atoms with Crippen molar-refractivity contribution in [1.82, 2.24) is 5.43 Å². The molecule has 0 aromatic heterocycles. The summed E-state index contributed by atoms with van der Waals surface area (Å²) in [5.74, 6) is 1.07. The fraction of sp³-hybridized carbons (Fsp3) is 0.111. The summed E-state index contributed by atoms with van der Waals surface area (Å²) in [5.41, 5.74) is 5.05. The molecule has 0 radical (unpaired) electrons. The van der Waals surface area contributed by atoms with Crippen LogP contribution in [0.25, 0.3) is 10.8 Å². The van der Waals surface area contributed by atoms with Crippen molar-refractivity contribution in [3.63, 3.8) is 0 Å². The molecule has 0 unspecified atom stereocenters. The van der Waals surface area contributed by atoms with Gasteiger partial charge in [-0.25, -0.2) is 5.43 Å². The lowest BCUT2D eigenvalue weighted by molar-refractivity contribution is 0.0955. The minimum Gasteiger partial charge on any atom is -0.490 e. The van der Waals surface area contributed by atoms with E-state index < -0.39 is 0 Å². The standard InChI is InChI=1S/C27H22I2N2O3/c1-2-33-25-14-18(16-30-31-27(32)20-9-6-11-22(28)15-20)13-24(29)26(25)34-17-21-10-5-8-19-7-3-4-12-23(19)21/h3-16H,2,17H2,1H3,(H,31,32)/b30-16-. The first-order chi connectivity index (χ1) is 16.5. The van der Waals surface area contributed by atoms with Gasteiger partial charge in [-0.2, -0.15) is 5.10 Å². The summed E-state index contributed by atoms with van der Waals surface area (Å²) in [7, 11) is 0. The lowest BCUT2D eigenvalue weighted by atomic mass is 10.1. The van der Waals surface area contributed by atoms with Gasteiger partial charge < -0.3 is 9.47 Å². The van der Waals surface area contributed by atoms with Crippen LogP contribution in [-0.2, 0) is 6.61 Å². The monoisotopic (exact) mass is 676 g/mol. The molecule has 0 atom stereocenters. The van der Waals surface area contributed by atoms with Crippen molar-refractivity contribution in [2.45, 2.75) is 13.5 Å². The maximum Gasteiger partial charge on any atom is 0.271 e. The second kappa shape index (κ2) is 11.7. The quantitative estimate of drug-likeness (QED) is 0.127. The number of halogens is 2. The average molecular weight is 676 g/mol. The Morgan fingerprint density at radius 3 is 2.59 bits per heavy atom. The van der Waals surface area contributed by atoms with Crippen molar-refractivity contribution in [2.75, 3.05) is 6.61 Å². The molecule has 0 spiro atoms. The molecule has 0 bridgehead atoms. The van der Waals surface area contributed by atoms with E-state index in [1.54, 1.807) is 12.3 Å². The highest BCUT2D eigenvalue weighted by Crippen LogP contribution is 2.35. The molecule has 4 rings (SSSR count). The van der Waals surface area contributed by atoms with E-state index in [0.29, 0.717) is 30.3 Å². The SMILES string of the molecule is CCOc1cc(/C=N\NC(=O)c2cccc(I)c2)cc(I)c1OCc1cccc2ccccc12. The molecule has 0 fully saturated rings. The summed E-state index contributed by atoms with van der Waals surface area (Å²) < 4.78 is 14.0. The van der Waals surface area contributed by atoms with Crippen LogP contribution >= 0.6 is 45.2 Å². The predicted molar refractivity (Wildman–Crippen MR) is 153 cm³/mol. The third kappa shape index (κ3) is 6.06. The smallest absolute Gasteiger partial charge is 0.271 e. The van der Waals surface area contributed by atoms with E-state index in [4.69, 9.17) is 9.47 Å². The number of hydrogen-bond acceptors (Lipinski definition) is 4. The van der Waals surface area contributed by atoms with Crippen LogP contribution in [0.4, 0.5) is 0 Å². The van der Waals surface area contributed by atoms with Crippen molar-refractivity contribution in [3.8, 4) is 11.5 Å². The number of carbonyl (C=O) groups excluding carboxylic acids is 1. The molecule has 0 aliphatic heterocycles. The lowest BCUT2D eigenvalue weighted by Crippen LogP contribution is -2.17. The molecule has 0 heterocycles. The molecule has 4 aromatic rings. The fourth-order valence-electron chi connectivity index (χ4n) is 3.49. The Bertz CT molecular complexity index is 1350. The van der Waals surface area contributed by atoms with E-state index in [-0.39, 0.29) is 5.91 Å². The lowest BCUT2D eigenvalue weighted by Gasteiger charge is -2.15. The molecule has 4 aromatic carbocycles. The zero-order chi connectivity index (χ0) is 23.9. The summed E-state index contributed by atoms with van der Waals surface area (Å²) >= 11 is 4.41. The van der Waals surface area contributed by atoms with Crippen LogP contribution in [0, 0.1) is 7.14 Å². The number of benzene rings is 4. The summed E-state index contributed by atoms with van der Waals surface area (Å²) in [4.78, 5) is 12.3. The molecule has 1 N–H and O–H groups in total. The summed E-state index contributed by atoms with van der Waals surface area (Å²) in [6.07, 6.45) is 1.60. The van der Waals surface area contributed by atoms with Crippen LogP contribution in [0.5, 0.6) is 11.5 Å². The third-order valence-corrected chi connectivity index (χ3v) is 6.52. The van der Waals surface area contributed by atoms with Gasteiger partial charge in [0.15, 0.2) is 11.5 Å². The first-order valence-corrected chi connectivity index (χ1v) is 12.9. The van der Waals surface area contributed by atoms with Gasteiger partial charge in [0.1, 0.15) is 6.61 Å². The minimum atomic E-state index is -0.260. The van der Waals surface area contributed by atoms with E-state index in [1.165, 1.54) is 10.8 Å². The van der Waals surface area contributed by atoms with Crippen LogP contribution in [0.1, 0.15) is 28.4 Å². The van der Waals surface area contributed by atoms with Gasteiger partial charge in [-0.3, -0.25) is 4.79 Å². The molecule has 5 nitrogen and oxygen atoms in total. The number of rotatable bonds is 8. The number of ether oxygens (including phenoxy) is 2. The van der Waals surface area contributed by atoms with E-state index in [2.05, 4.69) is 80.0 Å². The van der Waals surface area contributed by atoms with Crippen molar-refractivity contribution in [1.29, 1.82) is 0 Å². The number of amides is 1. The highest BCUT2D eigenvalue weighted by atomic mass is 127. The van der Waals surface area contributed by atoms with Crippen LogP contribution < -0.4 is 14.9 Å². The third-order valence-electron chi connectivity index (χ3n) is 5.05. The number of hydrazone groups is 1. The summed E-state index contributed by atoms with van der Waals surface area (Å²) in [6, 6.07) is 25.6. The Balaban J connectivity index is 1.51. The zero-order valence-corrected chi connectivity index (χ0v) is 22.7. The first-order valence-electron chi connectivity index (χ1n) is 10.7. The Morgan fingerprint density at radius 1 is 0.971 bits per heavy atom. The van der Waals surface area contributed by atoms with Gasteiger partial charge in [0, 0.05) is 9.13 Å². The zero-order valence-electron chi connectivity index (χ0n) is 18.4. The van der Waals surface area contributed by atoms with Gasteiger partial charge in [-0.05, 0) is 104 Å². The molecule has 0 aliphatic rings. The maximum absolute atomic E-state index is 12.3. The van der Waals surface area contributed by atoms with Gasteiger partial charge in [-0.15, -0.1) is 0 Å². The van der Waals surface area contributed by atoms with E-state index in [1.807, 2.05) is 55.5 Å². The van der Waals surface area contributed by atoms with Gasteiger partial charge in [0.25, 0.3) is 5.91 Å². The Labute approximate surface area is 225 Å². The topological polar surface area (TPSA) is 59.9 Å². The molecule has 7 heteroatoms. The number of nitrogens with one attached hydrogen (secondary N) is 1. The van der Waals surface area contributed by atoms with Crippen LogP contribution in [-0.4, -0.2) is 18.7 Å². The fourth-order valence-corrected chi connectivity index (χ4v) is 4.82. The first kappa shape index (κ1) is 24.5. The van der Waals surface area contributed by atoms with E-state index >= 15 is 0 Å². The Kier molecular flexibility index (Phi) is 8.39. The molecule has 1 amide bonds. The van der Waals surface area contributed by atoms with E-state index in [9.17, 15) is 4.79 Å². The molecule has 0 saturated heterocycles. The highest BCUT2D eigenvalue weighted by molar-refractivity contribution is 14.1.